The van der Waals surface area contributed by atoms with Crippen LogP contribution in [0.5, 0.6) is 0 Å². The fraction of sp³-hybridized carbons (Fsp3) is 0.696. The molecule has 1 unspecified atom stereocenters. The van der Waals surface area contributed by atoms with Crippen LogP contribution in [0.25, 0.3) is 0 Å². The van der Waals surface area contributed by atoms with E-state index in [1.807, 2.05) is 13.8 Å². The van der Waals surface area contributed by atoms with Crippen LogP contribution < -0.4 is 5.32 Å². The van der Waals surface area contributed by atoms with E-state index in [0.717, 1.165) is 16.1 Å². The average molecular weight is 449 g/mol. The zero-order valence-corrected chi connectivity index (χ0v) is 19.3. The van der Waals surface area contributed by atoms with Crippen LogP contribution in [0.2, 0.25) is 0 Å². The third-order valence-corrected chi connectivity index (χ3v) is 9.07. The summed E-state index contributed by atoms with van der Waals surface area (Å²) in [5, 5.41) is 37.4. The van der Waals surface area contributed by atoms with Gasteiger partial charge in [-0.2, -0.15) is 0 Å². The maximum absolute atomic E-state index is 13.2. The number of nitrogens with zero attached hydrogens (tertiary/aromatic N) is 1. The summed E-state index contributed by atoms with van der Waals surface area (Å²) in [6, 6.07) is 0. The summed E-state index contributed by atoms with van der Waals surface area (Å²) in [6.07, 6.45) is -1.66. The number of aliphatic hydroxyl groups is 3. The Kier molecular flexibility index (Phi) is 5.65. The molecule has 8 heteroatoms. The third kappa shape index (κ3) is 3.14. The molecular weight excluding hydrogens is 416 g/mol. The summed E-state index contributed by atoms with van der Waals surface area (Å²) >= 11 is 1.43. The van der Waals surface area contributed by atoms with Crippen molar-refractivity contribution >= 4 is 28.2 Å². The summed E-state index contributed by atoms with van der Waals surface area (Å²) in [6.45, 7) is 10.7. The van der Waals surface area contributed by atoms with Crippen LogP contribution >= 0.6 is 11.3 Å². The van der Waals surface area contributed by atoms with Gasteiger partial charge in [-0.25, -0.2) is 4.98 Å². The van der Waals surface area contributed by atoms with Crippen molar-refractivity contribution in [3.05, 3.63) is 22.7 Å². The topological polar surface area (TPSA) is 120 Å². The van der Waals surface area contributed by atoms with Crippen molar-refractivity contribution in [3.63, 3.8) is 0 Å². The first-order chi connectivity index (χ1) is 14.5. The molecule has 4 N–H and O–H groups in total. The van der Waals surface area contributed by atoms with E-state index < -0.39 is 23.7 Å². The molecule has 2 saturated carbocycles. The van der Waals surface area contributed by atoms with E-state index in [9.17, 15) is 24.9 Å². The molecule has 0 saturated heterocycles. The summed E-state index contributed by atoms with van der Waals surface area (Å²) in [5.41, 5.74) is 0.0864. The minimum Gasteiger partial charge on any atom is -0.391 e. The SMILES string of the molecule is C=C(C)[C@@H]1CC[C@H]2C3c4nc(NC(C)=O)sc4C[C@H](C)[C@H]3[C@H](O)[C@H](O)[C@@]2(C(C)=O)[C@@H]1O. The van der Waals surface area contributed by atoms with Gasteiger partial charge >= 0.3 is 0 Å². The Morgan fingerprint density at radius 2 is 1.84 bits per heavy atom. The molecular formula is C23H32N2O5S. The normalized spacial score (nSPS) is 41.5. The van der Waals surface area contributed by atoms with Gasteiger partial charge in [0.05, 0.1) is 29.4 Å². The van der Waals surface area contributed by atoms with Crippen LogP contribution in [0.4, 0.5) is 5.13 Å². The Balaban J connectivity index is 1.88. The molecule has 2 fully saturated rings. The molecule has 1 heterocycles. The minimum atomic E-state index is -1.48. The predicted octanol–water partition coefficient (Wildman–Crippen LogP) is 2.27. The summed E-state index contributed by atoms with van der Waals surface area (Å²) < 4.78 is 0. The lowest BCUT2D eigenvalue weighted by molar-refractivity contribution is -0.225. The number of aliphatic hydroxyl groups excluding tert-OH is 3. The number of ketones is 1. The van der Waals surface area contributed by atoms with Crippen molar-refractivity contribution < 1.29 is 24.9 Å². The number of carbonyl (C=O) groups is 2. The number of aromatic nitrogens is 1. The Morgan fingerprint density at radius 3 is 2.42 bits per heavy atom. The number of carbonyl (C=O) groups excluding carboxylic acids is 2. The zero-order chi connectivity index (χ0) is 22.8. The van der Waals surface area contributed by atoms with E-state index >= 15 is 0 Å². The molecule has 0 aliphatic heterocycles. The number of hydrogen-bond donors (Lipinski definition) is 4. The van der Waals surface area contributed by atoms with E-state index in [2.05, 4.69) is 11.9 Å². The van der Waals surface area contributed by atoms with Crippen molar-refractivity contribution in [1.29, 1.82) is 0 Å². The second-order valence-electron chi connectivity index (χ2n) is 9.80. The van der Waals surface area contributed by atoms with Crippen molar-refractivity contribution in [2.24, 2.45) is 29.1 Å². The molecule has 1 aromatic rings. The van der Waals surface area contributed by atoms with E-state index in [1.165, 1.54) is 25.2 Å². The molecule has 0 bridgehead atoms. The number of Topliss-reactive ketones (excluding diaryl/α,β-unsaturated/α-hetero) is 1. The lowest BCUT2D eigenvalue weighted by Crippen LogP contribution is -2.70. The van der Waals surface area contributed by atoms with Gasteiger partial charge in [0.1, 0.15) is 5.78 Å². The molecule has 1 aromatic heterocycles. The summed E-state index contributed by atoms with van der Waals surface area (Å²) in [4.78, 5) is 30.5. The smallest absolute Gasteiger partial charge is 0.223 e. The Bertz CT molecular complexity index is 929. The van der Waals surface area contributed by atoms with Gasteiger partial charge < -0.3 is 20.6 Å². The van der Waals surface area contributed by atoms with Gasteiger partial charge in [0.25, 0.3) is 0 Å². The molecule has 9 atom stereocenters. The van der Waals surface area contributed by atoms with Crippen molar-refractivity contribution in [2.45, 2.75) is 71.2 Å². The molecule has 0 radical (unpaired) electrons. The highest BCUT2D eigenvalue weighted by molar-refractivity contribution is 7.15. The van der Waals surface area contributed by atoms with Crippen LogP contribution in [-0.2, 0) is 16.0 Å². The van der Waals surface area contributed by atoms with Crippen molar-refractivity contribution in [3.8, 4) is 0 Å². The number of hydrogen-bond acceptors (Lipinski definition) is 7. The standard InChI is InChI=1S/C23H32N2O5S/c1-9(2)13-6-7-14-17-16(19(28)21(30)23(14,11(4)26)20(13)29)10(3)8-15-18(17)25-22(31-15)24-12(5)27/h10,13-14,16-17,19-21,28-30H,1,6-8H2,2-5H3,(H,24,25,27)/t10-,13-,14-,16+,17?,19-,20+,21-,23+/m0/s1. The molecule has 1 amide bonds. The Labute approximate surface area is 186 Å². The number of fused-ring (bicyclic) bond motifs is 5. The minimum absolute atomic E-state index is 0.0637. The fourth-order valence-electron chi connectivity index (χ4n) is 6.81. The van der Waals surface area contributed by atoms with Gasteiger partial charge in [0.2, 0.25) is 5.91 Å². The van der Waals surface area contributed by atoms with E-state index in [4.69, 9.17) is 4.98 Å². The second-order valence-corrected chi connectivity index (χ2v) is 10.9. The van der Waals surface area contributed by atoms with Gasteiger partial charge in [0, 0.05) is 23.6 Å². The number of amides is 1. The number of thiazole rings is 1. The first kappa shape index (κ1) is 22.6. The van der Waals surface area contributed by atoms with Gasteiger partial charge in [-0.05, 0) is 50.9 Å². The maximum Gasteiger partial charge on any atom is 0.223 e. The van der Waals surface area contributed by atoms with E-state index in [0.29, 0.717) is 24.4 Å². The van der Waals surface area contributed by atoms with Gasteiger partial charge in [-0.1, -0.05) is 19.1 Å². The lowest BCUT2D eigenvalue weighted by atomic mass is 9.44. The number of rotatable bonds is 3. The number of anilines is 1. The summed E-state index contributed by atoms with van der Waals surface area (Å²) in [5.74, 6) is -1.67. The van der Waals surface area contributed by atoms with Crippen LogP contribution in [0.1, 0.15) is 57.0 Å². The Hall–Kier alpha value is -1.61. The fourth-order valence-corrected chi connectivity index (χ4v) is 8.02. The van der Waals surface area contributed by atoms with Crippen LogP contribution in [-0.4, -0.2) is 50.3 Å². The van der Waals surface area contributed by atoms with Crippen LogP contribution in [0.3, 0.4) is 0 Å². The maximum atomic E-state index is 13.2. The van der Waals surface area contributed by atoms with Gasteiger partial charge in [0.15, 0.2) is 5.13 Å². The third-order valence-electron chi connectivity index (χ3n) is 8.06. The van der Waals surface area contributed by atoms with Gasteiger partial charge in [-0.15, -0.1) is 11.3 Å². The molecule has 31 heavy (non-hydrogen) atoms. The largest absolute Gasteiger partial charge is 0.391 e. The van der Waals surface area contributed by atoms with E-state index in [-0.39, 0.29) is 41.3 Å². The highest BCUT2D eigenvalue weighted by Gasteiger charge is 2.68. The monoisotopic (exact) mass is 448 g/mol. The van der Waals surface area contributed by atoms with Crippen molar-refractivity contribution in [2.75, 3.05) is 5.32 Å². The first-order valence-electron chi connectivity index (χ1n) is 11.0. The molecule has 0 aromatic carbocycles. The quantitative estimate of drug-likeness (QED) is 0.527. The highest BCUT2D eigenvalue weighted by Crippen LogP contribution is 2.63. The van der Waals surface area contributed by atoms with Gasteiger partial charge in [-0.3, -0.25) is 9.59 Å². The number of nitrogens with one attached hydrogen (secondary N) is 1. The molecule has 3 aliphatic carbocycles. The molecule has 170 valence electrons. The zero-order valence-electron chi connectivity index (χ0n) is 18.5. The van der Waals surface area contributed by atoms with Crippen molar-refractivity contribution in [1.82, 2.24) is 4.98 Å². The summed E-state index contributed by atoms with van der Waals surface area (Å²) in [7, 11) is 0. The lowest BCUT2D eigenvalue weighted by Gasteiger charge is -2.61. The van der Waals surface area contributed by atoms with Crippen LogP contribution in [0.15, 0.2) is 12.2 Å². The molecule has 0 spiro atoms. The Morgan fingerprint density at radius 1 is 1.16 bits per heavy atom. The predicted molar refractivity (Wildman–Crippen MR) is 118 cm³/mol. The molecule has 7 nitrogen and oxygen atoms in total. The highest BCUT2D eigenvalue weighted by atomic mass is 32.1. The molecule has 4 rings (SSSR count). The first-order valence-corrected chi connectivity index (χ1v) is 11.8. The van der Waals surface area contributed by atoms with E-state index in [1.54, 1.807) is 0 Å². The molecule has 3 aliphatic rings. The van der Waals surface area contributed by atoms with Crippen LogP contribution in [0, 0.1) is 29.1 Å². The average Bonchev–Trinajstić information content (AvgIpc) is 3.05. The second kappa shape index (κ2) is 7.76.